The summed E-state index contributed by atoms with van der Waals surface area (Å²) in [5.41, 5.74) is 0. The number of benzene rings is 2. The number of phenols is 1. The average Bonchev–Trinajstić information content (AvgIpc) is 2.42. The first-order valence-electron chi connectivity index (χ1n) is 5.59. The summed E-state index contributed by atoms with van der Waals surface area (Å²) in [4.78, 5) is 12.6. The molecule has 1 N–H and O–H groups in total. The monoisotopic (exact) mass is 272 g/mol. The SMILES string of the molecule is C=C(Sc1ccccc1O)C(=O)Oc1ccccc1. The van der Waals surface area contributed by atoms with Crippen LogP contribution in [-0.4, -0.2) is 11.1 Å². The van der Waals surface area contributed by atoms with Gasteiger partial charge >= 0.3 is 5.97 Å². The van der Waals surface area contributed by atoms with E-state index in [1.54, 1.807) is 48.5 Å². The molecule has 0 aliphatic carbocycles. The highest BCUT2D eigenvalue weighted by molar-refractivity contribution is 8.04. The number of carbonyl (C=O) groups is 1. The Balaban J connectivity index is 2.01. The molecule has 0 radical (unpaired) electrons. The molecule has 0 heterocycles. The predicted octanol–water partition coefficient (Wildman–Crippen LogP) is 3.60. The van der Waals surface area contributed by atoms with Gasteiger partial charge in [0.2, 0.25) is 0 Å². The van der Waals surface area contributed by atoms with E-state index >= 15 is 0 Å². The first-order chi connectivity index (χ1) is 9.16. The van der Waals surface area contributed by atoms with Crippen LogP contribution < -0.4 is 4.74 Å². The maximum absolute atomic E-state index is 11.8. The van der Waals surface area contributed by atoms with Crippen molar-refractivity contribution in [3.63, 3.8) is 0 Å². The number of ether oxygens (including phenoxy) is 1. The van der Waals surface area contributed by atoms with Crippen LogP contribution in [0.3, 0.4) is 0 Å². The fourth-order valence-electron chi connectivity index (χ4n) is 1.37. The van der Waals surface area contributed by atoms with Crippen LogP contribution in [0.5, 0.6) is 11.5 Å². The Bertz CT molecular complexity index is 593. The second-order valence-corrected chi connectivity index (χ2v) is 4.83. The number of thioether (sulfide) groups is 1. The molecule has 4 heteroatoms. The molecule has 3 nitrogen and oxygen atoms in total. The number of para-hydroxylation sites is 2. The van der Waals surface area contributed by atoms with E-state index in [1.165, 1.54) is 0 Å². The first kappa shape index (κ1) is 13.2. The van der Waals surface area contributed by atoms with Crippen LogP contribution in [0.4, 0.5) is 0 Å². The van der Waals surface area contributed by atoms with Crippen LogP contribution in [0.15, 0.2) is 71.0 Å². The van der Waals surface area contributed by atoms with E-state index in [0.29, 0.717) is 10.6 Å². The molecule has 0 aliphatic heterocycles. The minimum absolute atomic E-state index is 0.112. The Kier molecular flexibility index (Phi) is 4.26. The van der Waals surface area contributed by atoms with Crippen molar-refractivity contribution in [1.82, 2.24) is 0 Å². The summed E-state index contributed by atoms with van der Waals surface area (Å²) >= 11 is 1.08. The molecule has 0 spiro atoms. The highest BCUT2D eigenvalue weighted by atomic mass is 32.2. The van der Waals surface area contributed by atoms with Gasteiger partial charge in [0.15, 0.2) is 0 Å². The van der Waals surface area contributed by atoms with E-state index in [-0.39, 0.29) is 10.7 Å². The van der Waals surface area contributed by atoms with Gasteiger partial charge in [-0.2, -0.15) is 0 Å². The molecule has 2 aromatic rings. The van der Waals surface area contributed by atoms with Crippen molar-refractivity contribution in [2.45, 2.75) is 4.90 Å². The topological polar surface area (TPSA) is 46.5 Å². The Labute approximate surface area is 115 Å². The smallest absolute Gasteiger partial charge is 0.349 e. The molecule has 0 aromatic heterocycles. The summed E-state index contributed by atoms with van der Waals surface area (Å²) in [5.74, 6) is 0.0483. The van der Waals surface area contributed by atoms with Crippen LogP contribution in [0.1, 0.15) is 0 Å². The summed E-state index contributed by atoms with van der Waals surface area (Å²) in [6.07, 6.45) is 0. The van der Waals surface area contributed by atoms with Crippen LogP contribution in [0.25, 0.3) is 0 Å². The number of rotatable bonds is 4. The van der Waals surface area contributed by atoms with Gasteiger partial charge in [0, 0.05) is 0 Å². The molecule has 2 rings (SSSR count). The molecule has 0 amide bonds. The average molecular weight is 272 g/mol. The van der Waals surface area contributed by atoms with E-state index in [1.807, 2.05) is 6.07 Å². The lowest BCUT2D eigenvalue weighted by atomic mass is 10.3. The second kappa shape index (κ2) is 6.11. The van der Waals surface area contributed by atoms with Gasteiger partial charge in [-0.1, -0.05) is 48.7 Å². The van der Waals surface area contributed by atoms with Gasteiger partial charge in [0.05, 0.1) is 9.80 Å². The molecule has 0 aliphatic rings. The molecule has 0 fully saturated rings. The van der Waals surface area contributed by atoms with E-state index in [0.717, 1.165) is 11.8 Å². The molecular weight excluding hydrogens is 260 g/mol. The Morgan fingerprint density at radius 3 is 2.37 bits per heavy atom. The molecule has 19 heavy (non-hydrogen) atoms. The van der Waals surface area contributed by atoms with E-state index in [9.17, 15) is 9.90 Å². The Morgan fingerprint density at radius 1 is 1.05 bits per heavy atom. The number of esters is 1. The van der Waals surface area contributed by atoms with E-state index in [2.05, 4.69) is 6.58 Å². The van der Waals surface area contributed by atoms with Gasteiger partial charge < -0.3 is 9.84 Å². The minimum Gasteiger partial charge on any atom is -0.507 e. The third-order valence-electron chi connectivity index (χ3n) is 2.28. The third-order valence-corrected chi connectivity index (χ3v) is 3.26. The van der Waals surface area contributed by atoms with Crippen LogP contribution in [0, 0.1) is 0 Å². The number of hydrogen-bond donors (Lipinski definition) is 1. The lowest BCUT2D eigenvalue weighted by molar-refractivity contribution is -0.129. The Morgan fingerprint density at radius 2 is 1.68 bits per heavy atom. The van der Waals surface area contributed by atoms with Crippen molar-refractivity contribution in [3.05, 3.63) is 66.1 Å². The van der Waals surface area contributed by atoms with Crippen molar-refractivity contribution >= 4 is 17.7 Å². The maximum Gasteiger partial charge on any atom is 0.349 e. The highest BCUT2D eigenvalue weighted by Crippen LogP contribution is 2.33. The number of carbonyl (C=O) groups excluding carboxylic acids is 1. The largest absolute Gasteiger partial charge is 0.507 e. The zero-order valence-corrected chi connectivity index (χ0v) is 10.9. The van der Waals surface area contributed by atoms with Gasteiger partial charge in [-0.05, 0) is 24.3 Å². The summed E-state index contributed by atoms with van der Waals surface area (Å²) < 4.78 is 5.15. The van der Waals surface area contributed by atoms with Gasteiger partial charge in [0.1, 0.15) is 11.5 Å². The van der Waals surface area contributed by atoms with Gasteiger partial charge in [-0.3, -0.25) is 0 Å². The number of hydrogen-bond acceptors (Lipinski definition) is 4. The quantitative estimate of drug-likeness (QED) is 0.400. The van der Waals surface area contributed by atoms with Crippen molar-refractivity contribution in [3.8, 4) is 11.5 Å². The lowest BCUT2D eigenvalue weighted by Gasteiger charge is -2.07. The molecule has 96 valence electrons. The molecule has 0 bridgehead atoms. The Hall–Kier alpha value is -2.20. The van der Waals surface area contributed by atoms with Gasteiger partial charge in [0.25, 0.3) is 0 Å². The fourth-order valence-corrected chi connectivity index (χ4v) is 2.08. The fraction of sp³-hybridized carbons (Fsp3) is 0. The molecule has 0 saturated heterocycles. The molecular formula is C15H12O3S. The third kappa shape index (κ3) is 3.63. The summed E-state index contributed by atoms with van der Waals surface area (Å²) in [6, 6.07) is 15.5. The summed E-state index contributed by atoms with van der Waals surface area (Å²) in [6.45, 7) is 3.66. The zero-order valence-electron chi connectivity index (χ0n) is 10.1. The number of aromatic hydroxyl groups is 1. The normalized spacial score (nSPS) is 9.89. The lowest BCUT2D eigenvalue weighted by Crippen LogP contribution is -2.08. The maximum atomic E-state index is 11.8. The molecule has 0 unspecified atom stereocenters. The number of phenolic OH excluding ortho intramolecular Hbond substituents is 1. The predicted molar refractivity (Wildman–Crippen MR) is 75.2 cm³/mol. The van der Waals surface area contributed by atoms with E-state index in [4.69, 9.17) is 4.74 Å². The highest BCUT2D eigenvalue weighted by Gasteiger charge is 2.13. The summed E-state index contributed by atoms with van der Waals surface area (Å²) in [7, 11) is 0. The zero-order chi connectivity index (χ0) is 13.7. The standard InChI is InChI=1S/C15H12O3S/c1-11(19-14-10-6-5-9-13(14)16)15(17)18-12-7-3-2-4-8-12/h2-10,16H,1H2. The van der Waals surface area contributed by atoms with Crippen molar-refractivity contribution < 1.29 is 14.6 Å². The minimum atomic E-state index is -0.528. The van der Waals surface area contributed by atoms with Crippen molar-refractivity contribution in [1.29, 1.82) is 0 Å². The van der Waals surface area contributed by atoms with Crippen molar-refractivity contribution in [2.75, 3.05) is 0 Å². The molecule has 0 atom stereocenters. The van der Waals surface area contributed by atoms with Gasteiger partial charge in [-0.25, -0.2) is 4.79 Å². The van der Waals surface area contributed by atoms with Crippen LogP contribution in [0.2, 0.25) is 0 Å². The first-order valence-corrected chi connectivity index (χ1v) is 6.40. The van der Waals surface area contributed by atoms with Crippen LogP contribution >= 0.6 is 11.8 Å². The van der Waals surface area contributed by atoms with Crippen molar-refractivity contribution in [2.24, 2.45) is 0 Å². The summed E-state index contributed by atoms with van der Waals surface area (Å²) in [5, 5.41) is 9.62. The van der Waals surface area contributed by atoms with Gasteiger partial charge in [-0.15, -0.1) is 0 Å². The second-order valence-electron chi connectivity index (χ2n) is 3.70. The molecule has 2 aromatic carbocycles. The van der Waals surface area contributed by atoms with E-state index < -0.39 is 5.97 Å². The molecule has 0 saturated carbocycles. The van der Waals surface area contributed by atoms with Crippen LogP contribution in [-0.2, 0) is 4.79 Å².